The molecule has 0 fully saturated rings. The van der Waals surface area contributed by atoms with Crippen LogP contribution in [0.2, 0.25) is 0 Å². The minimum atomic E-state index is 0. The van der Waals surface area contributed by atoms with Crippen LogP contribution in [0.5, 0.6) is 0 Å². The Balaban J connectivity index is 0. The minimum absolute atomic E-state index is 0. The fourth-order valence-electron chi connectivity index (χ4n) is 0. The Morgan fingerprint density at radius 3 is 0.0250 bits per heavy atom. The Bertz CT molecular complexity index is 0. The van der Waals surface area contributed by atoms with Crippen molar-refractivity contribution in [3.8, 4) is 0 Å². The van der Waals surface area contributed by atoms with Gasteiger partial charge in [0.2, 0.25) is 0 Å². The zero-order valence-corrected chi connectivity index (χ0v) is 284. The zero-order chi connectivity index (χ0) is 0. The van der Waals surface area contributed by atoms with E-state index in [1.54, 1.807) is 0 Å². The van der Waals surface area contributed by atoms with E-state index in [1.807, 2.05) is 0 Å². The second-order valence-corrected chi connectivity index (χ2v) is 0. The van der Waals surface area contributed by atoms with Crippen molar-refractivity contribution in [2.45, 2.75) is 0 Å². The van der Waals surface area contributed by atoms with E-state index < -0.39 is 0 Å². The van der Waals surface area contributed by atoms with Gasteiger partial charge in [0.05, 0.1) is 0 Å². The first-order valence-corrected chi connectivity index (χ1v) is 0. The Morgan fingerprint density at radius 2 is 0.0250 bits per heavy atom. The van der Waals surface area contributed by atoms with Crippen molar-refractivity contribution in [2.24, 2.45) is 0 Å². The fraction of sp³-hybridized carbons (Fsp3) is 0. The predicted molar refractivity (Wildman–Crippen MR) is 0 cm³/mol. The molecule has 0 aromatic rings. The minimum Gasteiger partial charge on any atom is 0 e. The van der Waals surface area contributed by atoms with Crippen molar-refractivity contribution in [2.75, 3.05) is 0 Å². The molecular formula is Rf40. The van der Waals surface area contributed by atoms with Crippen molar-refractivity contribution in [1.82, 2.24) is 0 Å². The van der Waals surface area contributed by atoms with Gasteiger partial charge in [-0.1, -0.05) is 0 Å². The van der Waals surface area contributed by atoms with E-state index in [4.69, 9.17) is 0 Å². The molecule has 0 nitrogen and oxygen atoms in total. The van der Waals surface area contributed by atoms with Gasteiger partial charge in [0.15, 0.2) is 0 Å². The standard InChI is InChI=1S/40Rf. The van der Waals surface area contributed by atoms with Crippen LogP contribution in [0.4, 0.5) is 0 Å². The van der Waals surface area contributed by atoms with E-state index in [1.165, 1.54) is 0 Å². The van der Waals surface area contributed by atoms with Crippen LogP contribution in [0.15, 0.2) is 0 Å². The Labute approximate surface area is 0 Å². The molecule has 0 atom stereocenters. The molecule has 0 aliphatic heterocycles. The van der Waals surface area contributed by atoms with Gasteiger partial charge in [-0.05, 0) is 0 Å². The van der Waals surface area contributed by atoms with Crippen LogP contribution in [-0.4, -0.2) is 0 Å². The Hall–Kier alpha value is -40.0. The van der Waals surface area contributed by atoms with Crippen LogP contribution in [0, 0.1) is 0 Å². The number of rotatable bonds is 0. The molecule has 0 rings (SSSR count). The van der Waals surface area contributed by atoms with Crippen LogP contribution < -0.4 is 0 Å². The first kappa shape index (κ1) is 0. The van der Waals surface area contributed by atoms with E-state index in [0.717, 1.165) is 0 Å². The molecule has 0 aromatic heterocycles. The summed E-state index contributed by atoms with van der Waals surface area (Å²) in [7, 11) is 0. The molecule has 0 radical (unpaired) electrons. The van der Waals surface area contributed by atoms with E-state index >= 15 is 0 Å². The summed E-state index contributed by atoms with van der Waals surface area (Å²) >= 11 is 0. The topological polar surface area (TPSA) is 0 Å². The van der Waals surface area contributed by atoms with Gasteiger partial charge in [-0.2, -0.15) is 0 Å². The monoisotopic (exact) mass is 10700 g/mol. The molecule has 0 aromatic carbocycles. The van der Waals surface area contributed by atoms with Crippen molar-refractivity contribution in [3.05, 3.63) is 0 Å². The molecule has 40 heteroatoms. The summed E-state index contributed by atoms with van der Waals surface area (Å²) in [5.74, 6) is 0. The Morgan fingerprint density at radius 1 is 0.0250 bits per heavy atom. The molecular weight excluding hydrogens is 10700 g/mol. The van der Waals surface area contributed by atoms with E-state index in [9.17, 15) is 0 Å². The predicted octanol–water partition coefficient (Wildman–Crippen LogP) is 0. The summed E-state index contributed by atoms with van der Waals surface area (Å²) < 4.78 is 0. The van der Waals surface area contributed by atoms with Gasteiger partial charge in [-0.25, -0.2) is 0 Å². The van der Waals surface area contributed by atoms with E-state index in [-0.39, 0.29) is 0 Å². The fourth-order valence-corrected chi connectivity index (χ4v) is 0. The third-order valence-electron chi connectivity index (χ3n) is 0. The first-order valence-electron chi connectivity index (χ1n) is 0. The quantitative estimate of drug-likeness (QED) is 0.321. The number of hydrogen-bond acceptors (Lipinski definition) is 0. The molecule has 0 N–H and O–H groups in total. The van der Waals surface area contributed by atoms with Gasteiger partial charge in [0.25, 0.3) is 0 Å². The van der Waals surface area contributed by atoms with Crippen LogP contribution in [0.25, 0.3) is 0 Å². The maximum atomic E-state index is 0. The van der Waals surface area contributed by atoms with Crippen molar-refractivity contribution >= 4 is 0 Å². The van der Waals surface area contributed by atoms with E-state index in [2.05, 4.69) is 0 Å². The molecule has 0 saturated carbocycles. The molecule has 0 saturated heterocycles. The molecule has 0 unspecified atom stereocenters. The maximum Gasteiger partial charge on any atom is 0 e. The van der Waals surface area contributed by atoms with Crippen molar-refractivity contribution in [1.29, 1.82) is 0 Å². The van der Waals surface area contributed by atoms with Gasteiger partial charge in [-0.15, -0.1) is 0 Å². The largest absolute Gasteiger partial charge is 0 e. The summed E-state index contributed by atoms with van der Waals surface area (Å²) in [6.45, 7) is 0. The molecule has 80 valence electrons. The smallest absolute Gasteiger partial charge is 0 e. The van der Waals surface area contributed by atoms with Crippen molar-refractivity contribution < 1.29 is 0 Å². The van der Waals surface area contributed by atoms with Gasteiger partial charge in [0.1, 0.15) is 0 Å². The molecule has 40 heavy (non-hydrogen) atoms. The van der Waals surface area contributed by atoms with Gasteiger partial charge >= 0.3 is 0 Å². The summed E-state index contributed by atoms with van der Waals surface area (Å²) in [5, 5.41) is 0. The molecule has 0 heterocycles. The third kappa shape index (κ3) is -0.0112. The van der Waals surface area contributed by atoms with Crippen LogP contribution in [-0.2, 0) is 0 Å². The molecule has 0 amide bonds. The Kier molecular flexibility index (Phi) is 0. The molecule has 0 bridgehead atoms. The summed E-state index contributed by atoms with van der Waals surface area (Å²) in [5.41, 5.74) is 0. The summed E-state index contributed by atoms with van der Waals surface area (Å²) in [4.78, 5) is 0. The first-order chi connectivity index (χ1) is 0. The second kappa shape index (κ2) is -0.00250. The molecule has 0 aliphatic carbocycles. The second-order valence-electron chi connectivity index (χ2n) is 0. The van der Waals surface area contributed by atoms with Crippen LogP contribution in [0.3, 0.4) is 0 Å². The zero-order valence-electron chi connectivity index (χ0n) is 28.3. The molecule has 0 spiro atoms. The van der Waals surface area contributed by atoms with Gasteiger partial charge in [0, 0.05) is 0 Å². The van der Waals surface area contributed by atoms with Crippen LogP contribution >= 0.6 is 0 Å². The third-order valence-corrected chi connectivity index (χ3v) is 0. The van der Waals surface area contributed by atoms with Gasteiger partial charge in [-0.3, -0.25) is 0 Å². The van der Waals surface area contributed by atoms with Crippen LogP contribution in [0.1, 0.15) is 0 Å². The molecule has 0 aliphatic rings. The van der Waals surface area contributed by atoms with E-state index in [0.29, 0.717) is 0 Å². The average molecular weight is 10700 g/mol. The van der Waals surface area contributed by atoms with Gasteiger partial charge < -0.3 is 0 Å². The maximum absolute atomic E-state index is 0. The average Bonchev–Trinajstić information content (AvgIpc) is 0. The summed E-state index contributed by atoms with van der Waals surface area (Å²) in [6.07, 6.45) is 0. The SMILES string of the molecule is [Rf].[Rf].[Rf].[Rf].[Rf].[Rf].[Rf].[Rf].[Rf].[Rf].[Rf].[Rf].[Rf].[Rf].[Rf].[Rf].[Rf].[Rf].[Rf].[Rf].[Rf].[Rf].[Rf].[Rf].[Rf].[Rf].[Rf].[Rf].[Rf].[Rf].[Rf].[Rf].[Rf].[Rf].[Rf].[Rf].[Rf].[Rf].[Rf].[Rf]. The summed E-state index contributed by atoms with van der Waals surface area (Å²) in [6, 6.07) is 0. The normalized spacial score (nSPS) is 0. The number of hydrogen-bond donors (Lipinski definition) is 0. The van der Waals surface area contributed by atoms with Crippen molar-refractivity contribution in [3.63, 3.8) is 0 Å².